The maximum absolute atomic E-state index is 13.8. The number of hydrogen-bond donors (Lipinski definition) is 2. The maximum Gasteiger partial charge on any atom is 0.254 e. The molecule has 20 heavy (non-hydrogen) atoms. The number of methoxy groups -OCH3 is 1. The van der Waals surface area contributed by atoms with E-state index in [1.807, 2.05) is 0 Å². The number of ether oxygens (including phenoxy) is 1. The zero-order valence-corrected chi connectivity index (χ0v) is 11.8. The zero-order valence-electron chi connectivity index (χ0n) is 11.8. The highest BCUT2D eigenvalue weighted by Gasteiger charge is 2.19. The van der Waals surface area contributed by atoms with Crippen LogP contribution in [0.15, 0.2) is 18.2 Å². The number of amides is 2. The van der Waals surface area contributed by atoms with E-state index in [9.17, 15) is 14.0 Å². The van der Waals surface area contributed by atoms with Gasteiger partial charge in [0.05, 0.1) is 12.2 Å². The molecule has 110 valence electrons. The molecule has 1 aromatic carbocycles. The van der Waals surface area contributed by atoms with Gasteiger partial charge in [-0.15, -0.1) is 0 Å². The van der Waals surface area contributed by atoms with Crippen molar-refractivity contribution in [1.29, 1.82) is 0 Å². The Balaban J connectivity index is 2.61. The zero-order chi connectivity index (χ0) is 15.1. The third kappa shape index (κ3) is 4.31. The quantitative estimate of drug-likeness (QED) is 0.765. The highest BCUT2D eigenvalue weighted by Crippen LogP contribution is 2.11. The molecule has 0 saturated carbocycles. The molecule has 6 heteroatoms. The lowest BCUT2D eigenvalue weighted by Crippen LogP contribution is -2.45. The van der Waals surface area contributed by atoms with E-state index in [0.717, 1.165) is 0 Å². The molecular weight excluding hydrogens is 263 g/mol. The topological polar surface area (TPSA) is 67.4 Å². The van der Waals surface area contributed by atoms with E-state index in [2.05, 4.69) is 10.6 Å². The van der Waals surface area contributed by atoms with Gasteiger partial charge in [0.2, 0.25) is 5.91 Å². The number of benzene rings is 1. The molecule has 0 radical (unpaired) electrons. The van der Waals surface area contributed by atoms with Crippen LogP contribution in [-0.4, -0.2) is 38.1 Å². The largest absolute Gasteiger partial charge is 0.383 e. The van der Waals surface area contributed by atoms with Crippen LogP contribution in [0, 0.1) is 12.7 Å². The molecule has 1 atom stereocenters. The minimum atomic E-state index is -0.751. The van der Waals surface area contributed by atoms with Crippen molar-refractivity contribution in [2.75, 3.05) is 20.3 Å². The van der Waals surface area contributed by atoms with Gasteiger partial charge in [-0.05, 0) is 25.5 Å². The summed E-state index contributed by atoms with van der Waals surface area (Å²) in [6.45, 7) is 3.86. The van der Waals surface area contributed by atoms with Gasteiger partial charge in [0.25, 0.3) is 5.91 Å². The van der Waals surface area contributed by atoms with Gasteiger partial charge in [-0.1, -0.05) is 12.1 Å². The second kappa shape index (κ2) is 7.59. The number of rotatable bonds is 6. The fourth-order valence-corrected chi connectivity index (χ4v) is 1.59. The lowest BCUT2D eigenvalue weighted by atomic mass is 10.1. The molecule has 5 nitrogen and oxygen atoms in total. The molecule has 0 bridgehead atoms. The van der Waals surface area contributed by atoms with Crippen LogP contribution in [0.4, 0.5) is 4.39 Å². The van der Waals surface area contributed by atoms with Crippen LogP contribution < -0.4 is 10.6 Å². The van der Waals surface area contributed by atoms with E-state index < -0.39 is 17.8 Å². The number of hydrogen-bond acceptors (Lipinski definition) is 3. The maximum atomic E-state index is 13.8. The highest BCUT2D eigenvalue weighted by atomic mass is 19.1. The normalized spacial score (nSPS) is 11.8. The number of halogens is 1. The SMILES string of the molecule is COCCNC(=O)C(C)NC(=O)c1cccc(C)c1F. The summed E-state index contributed by atoms with van der Waals surface area (Å²) in [5.74, 6) is -1.53. The summed E-state index contributed by atoms with van der Waals surface area (Å²) >= 11 is 0. The molecule has 0 aliphatic carbocycles. The van der Waals surface area contributed by atoms with E-state index in [-0.39, 0.29) is 11.5 Å². The number of carbonyl (C=O) groups is 2. The fourth-order valence-electron chi connectivity index (χ4n) is 1.59. The Hall–Kier alpha value is -1.95. The van der Waals surface area contributed by atoms with Crippen LogP contribution in [0.5, 0.6) is 0 Å². The molecule has 0 heterocycles. The second-order valence-corrected chi connectivity index (χ2v) is 4.42. The molecule has 1 aromatic rings. The fraction of sp³-hybridized carbons (Fsp3) is 0.429. The van der Waals surface area contributed by atoms with Crippen molar-refractivity contribution in [3.63, 3.8) is 0 Å². The van der Waals surface area contributed by atoms with Crippen molar-refractivity contribution in [1.82, 2.24) is 10.6 Å². The minimum absolute atomic E-state index is 0.0680. The number of aryl methyl sites for hydroxylation is 1. The Bertz CT molecular complexity index is 491. The lowest BCUT2D eigenvalue weighted by Gasteiger charge is -2.14. The van der Waals surface area contributed by atoms with E-state index in [1.165, 1.54) is 20.1 Å². The van der Waals surface area contributed by atoms with Gasteiger partial charge in [0.15, 0.2) is 0 Å². The van der Waals surface area contributed by atoms with Gasteiger partial charge in [0.1, 0.15) is 11.9 Å². The molecule has 2 N–H and O–H groups in total. The van der Waals surface area contributed by atoms with Crippen molar-refractivity contribution >= 4 is 11.8 Å². The first-order valence-electron chi connectivity index (χ1n) is 6.30. The smallest absolute Gasteiger partial charge is 0.254 e. The summed E-state index contributed by atoms with van der Waals surface area (Å²) in [5, 5.41) is 5.05. The monoisotopic (exact) mass is 282 g/mol. The molecule has 0 aliphatic rings. The first-order chi connectivity index (χ1) is 9.47. The Morgan fingerprint density at radius 3 is 2.75 bits per heavy atom. The van der Waals surface area contributed by atoms with Gasteiger partial charge in [-0.2, -0.15) is 0 Å². The van der Waals surface area contributed by atoms with E-state index in [4.69, 9.17) is 4.74 Å². The summed E-state index contributed by atoms with van der Waals surface area (Å²) in [7, 11) is 1.53. The molecule has 0 aromatic heterocycles. The molecule has 0 spiro atoms. The van der Waals surface area contributed by atoms with E-state index >= 15 is 0 Å². The van der Waals surface area contributed by atoms with Crippen LogP contribution >= 0.6 is 0 Å². The molecule has 2 amide bonds. The first-order valence-corrected chi connectivity index (χ1v) is 6.30. The van der Waals surface area contributed by atoms with Gasteiger partial charge < -0.3 is 15.4 Å². The Morgan fingerprint density at radius 2 is 2.10 bits per heavy atom. The third-order valence-electron chi connectivity index (χ3n) is 2.78. The van der Waals surface area contributed by atoms with E-state index in [1.54, 1.807) is 19.1 Å². The van der Waals surface area contributed by atoms with Gasteiger partial charge >= 0.3 is 0 Å². The van der Waals surface area contributed by atoms with Gasteiger partial charge in [0, 0.05) is 13.7 Å². The lowest BCUT2D eigenvalue weighted by molar-refractivity contribution is -0.122. The molecule has 0 aliphatic heterocycles. The summed E-state index contributed by atoms with van der Waals surface area (Å²) in [6.07, 6.45) is 0. The Morgan fingerprint density at radius 1 is 1.40 bits per heavy atom. The van der Waals surface area contributed by atoms with Gasteiger partial charge in [-0.25, -0.2) is 4.39 Å². The molecular formula is C14H19FN2O3. The van der Waals surface area contributed by atoms with Crippen LogP contribution in [0.1, 0.15) is 22.8 Å². The predicted molar refractivity (Wildman–Crippen MR) is 73.0 cm³/mol. The van der Waals surface area contributed by atoms with Gasteiger partial charge in [-0.3, -0.25) is 9.59 Å². The van der Waals surface area contributed by atoms with Crippen molar-refractivity contribution in [3.8, 4) is 0 Å². The number of nitrogens with one attached hydrogen (secondary N) is 2. The van der Waals surface area contributed by atoms with Crippen LogP contribution in [-0.2, 0) is 9.53 Å². The number of carbonyl (C=O) groups excluding carboxylic acids is 2. The predicted octanol–water partition coefficient (Wildman–Crippen LogP) is 1.02. The van der Waals surface area contributed by atoms with Crippen LogP contribution in [0.3, 0.4) is 0 Å². The first kappa shape index (κ1) is 16.1. The summed E-state index contributed by atoms with van der Waals surface area (Å²) in [5.41, 5.74) is 0.316. The van der Waals surface area contributed by atoms with Crippen molar-refractivity contribution in [3.05, 3.63) is 35.1 Å². The third-order valence-corrected chi connectivity index (χ3v) is 2.78. The Kier molecular flexibility index (Phi) is 6.11. The summed E-state index contributed by atoms with van der Waals surface area (Å²) in [6, 6.07) is 3.80. The van der Waals surface area contributed by atoms with Crippen molar-refractivity contribution < 1.29 is 18.7 Å². The second-order valence-electron chi connectivity index (χ2n) is 4.42. The van der Waals surface area contributed by atoms with Crippen molar-refractivity contribution in [2.45, 2.75) is 19.9 Å². The molecule has 0 saturated heterocycles. The molecule has 0 fully saturated rings. The Labute approximate surface area is 117 Å². The summed E-state index contributed by atoms with van der Waals surface area (Å²) in [4.78, 5) is 23.6. The van der Waals surface area contributed by atoms with Crippen LogP contribution in [0.2, 0.25) is 0 Å². The minimum Gasteiger partial charge on any atom is -0.383 e. The molecule has 1 unspecified atom stereocenters. The van der Waals surface area contributed by atoms with E-state index in [0.29, 0.717) is 18.7 Å². The summed E-state index contributed by atoms with van der Waals surface area (Å²) < 4.78 is 18.6. The molecule has 1 rings (SSSR count). The average Bonchev–Trinajstić information content (AvgIpc) is 2.41. The average molecular weight is 282 g/mol. The van der Waals surface area contributed by atoms with Crippen molar-refractivity contribution in [2.24, 2.45) is 0 Å². The van der Waals surface area contributed by atoms with Crippen LogP contribution in [0.25, 0.3) is 0 Å². The highest BCUT2D eigenvalue weighted by molar-refractivity contribution is 5.97. The standard InChI is InChI=1S/C14H19FN2O3/c1-9-5-4-6-11(12(9)15)14(19)17-10(2)13(18)16-7-8-20-3/h4-6,10H,7-8H2,1-3H3,(H,16,18)(H,17,19).